The van der Waals surface area contributed by atoms with Crippen LogP contribution in [0.1, 0.15) is 24.2 Å². The molecule has 0 aliphatic carbocycles. The van der Waals surface area contributed by atoms with Crippen LogP contribution in [0, 0.1) is 0 Å². The third-order valence-corrected chi connectivity index (χ3v) is 3.82. The number of hydrogen-bond acceptors (Lipinski definition) is 5. The van der Waals surface area contributed by atoms with Crippen molar-refractivity contribution in [3.05, 3.63) is 21.7 Å². The molecule has 1 atom stereocenters. The van der Waals surface area contributed by atoms with Gasteiger partial charge in [0.25, 0.3) is 0 Å². The van der Waals surface area contributed by atoms with Crippen molar-refractivity contribution in [2.75, 3.05) is 20.3 Å². The highest BCUT2D eigenvalue weighted by molar-refractivity contribution is 9.10. The van der Waals surface area contributed by atoms with E-state index in [9.17, 15) is 9.90 Å². The van der Waals surface area contributed by atoms with E-state index in [4.69, 9.17) is 9.47 Å². The first-order chi connectivity index (χ1) is 9.10. The molecule has 0 bridgehead atoms. The van der Waals surface area contributed by atoms with E-state index in [0.717, 1.165) is 5.56 Å². The van der Waals surface area contributed by atoms with Gasteiger partial charge in [-0.1, -0.05) is 6.92 Å². The molecule has 19 heavy (non-hydrogen) atoms. The zero-order valence-electron chi connectivity index (χ0n) is 10.7. The lowest BCUT2D eigenvalue weighted by Gasteiger charge is -2.24. The molecule has 0 saturated carbocycles. The molecule has 1 aromatic carbocycles. The van der Waals surface area contributed by atoms with Crippen LogP contribution in [-0.4, -0.2) is 31.4 Å². The van der Waals surface area contributed by atoms with E-state index >= 15 is 0 Å². The summed E-state index contributed by atoms with van der Waals surface area (Å²) < 4.78 is 16.3. The fourth-order valence-corrected chi connectivity index (χ4v) is 2.86. The molecule has 0 fully saturated rings. The molecule has 104 valence electrons. The highest BCUT2D eigenvalue weighted by Gasteiger charge is 2.27. The van der Waals surface area contributed by atoms with Crippen LogP contribution in [-0.2, 0) is 16.0 Å². The molecule has 5 nitrogen and oxygen atoms in total. The molecule has 1 heterocycles. The Morgan fingerprint density at radius 1 is 1.53 bits per heavy atom. The molecule has 0 aromatic heterocycles. The Labute approximate surface area is 119 Å². The molecule has 2 rings (SSSR count). The predicted octanol–water partition coefficient (Wildman–Crippen LogP) is 1.99. The van der Waals surface area contributed by atoms with E-state index in [1.165, 1.54) is 7.11 Å². The van der Waals surface area contributed by atoms with Gasteiger partial charge in [-0.05, 0) is 39.5 Å². The van der Waals surface area contributed by atoms with E-state index in [0.29, 0.717) is 41.2 Å². The highest BCUT2D eigenvalue weighted by Crippen LogP contribution is 2.43. The van der Waals surface area contributed by atoms with Crippen molar-refractivity contribution in [3.8, 4) is 11.5 Å². The second kappa shape index (κ2) is 5.79. The smallest absolute Gasteiger partial charge is 0.339 e. The van der Waals surface area contributed by atoms with Crippen LogP contribution in [0.4, 0.5) is 0 Å². The van der Waals surface area contributed by atoms with Crippen LogP contribution in [0.25, 0.3) is 0 Å². The molecule has 1 unspecified atom stereocenters. The van der Waals surface area contributed by atoms with Gasteiger partial charge in [0.05, 0.1) is 11.6 Å². The number of fused-ring (bicyclic) bond motifs is 1. The topological polar surface area (TPSA) is 65.0 Å². The maximum atomic E-state index is 11.5. The van der Waals surface area contributed by atoms with Crippen molar-refractivity contribution in [2.45, 2.75) is 19.4 Å². The number of rotatable bonds is 3. The van der Waals surface area contributed by atoms with E-state index in [1.807, 2.05) is 6.92 Å². The van der Waals surface area contributed by atoms with Gasteiger partial charge >= 0.3 is 5.97 Å². The zero-order valence-corrected chi connectivity index (χ0v) is 12.3. The molecule has 1 aliphatic heterocycles. The summed E-state index contributed by atoms with van der Waals surface area (Å²) in [5.74, 6) is 0.440. The van der Waals surface area contributed by atoms with E-state index in [-0.39, 0.29) is 0 Å². The normalized spacial score (nSPS) is 14.9. The Kier molecular flexibility index (Phi) is 4.31. The van der Waals surface area contributed by atoms with E-state index in [1.54, 1.807) is 6.07 Å². The summed E-state index contributed by atoms with van der Waals surface area (Å²) in [5.41, 5.74) is 1.28. The highest BCUT2D eigenvalue weighted by atomic mass is 79.9. The molecule has 0 saturated heterocycles. The second-order valence-corrected chi connectivity index (χ2v) is 4.85. The van der Waals surface area contributed by atoms with Crippen LogP contribution >= 0.6 is 15.9 Å². The van der Waals surface area contributed by atoms with Gasteiger partial charge in [-0.25, -0.2) is 4.79 Å². The summed E-state index contributed by atoms with van der Waals surface area (Å²) in [4.78, 5) is 11.5. The maximum Gasteiger partial charge on any atom is 0.339 e. The number of esters is 1. The Morgan fingerprint density at radius 2 is 2.21 bits per heavy atom. The summed E-state index contributed by atoms with van der Waals surface area (Å²) >= 11 is 3.45. The Hall–Kier alpha value is -1.27. The fourth-order valence-electron chi connectivity index (χ4n) is 2.04. The summed E-state index contributed by atoms with van der Waals surface area (Å²) in [6, 6.07) is 1.64. The number of ether oxygens (including phenoxy) is 3. The van der Waals surface area contributed by atoms with Crippen LogP contribution in [0.15, 0.2) is 10.5 Å². The van der Waals surface area contributed by atoms with Gasteiger partial charge in [-0.3, -0.25) is 0 Å². The largest absolute Gasteiger partial charge is 0.486 e. The van der Waals surface area contributed by atoms with Crippen molar-refractivity contribution in [1.29, 1.82) is 0 Å². The Morgan fingerprint density at radius 3 is 2.84 bits per heavy atom. The van der Waals surface area contributed by atoms with Crippen molar-refractivity contribution < 1.29 is 24.1 Å². The molecule has 1 N–H and O–H groups in total. The molecule has 1 aromatic rings. The Balaban J connectivity index is 2.54. The third-order valence-electron chi connectivity index (χ3n) is 2.98. The number of benzene rings is 1. The van der Waals surface area contributed by atoms with Gasteiger partial charge in [-0.2, -0.15) is 0 Å². The van der Waals surface area contributed by atoms with Gasteiger partial charge in [-0.15, -0.1) is 0 Å². The minimum atomic E-state index is -1.33. The first-order valence-corrected chi connectivity index (χ1v) is 6.76. The summed E-state index contributed by atoms with van der Waals surface area (Å²) in [6.07, 6.45) is -0.687. The van der Waals surface area contributed by atoms with Crippen LogP contribution in [0.3, 0.4) is 0 Å². The van der Waals surface area contributed by atoms with Crippen molar-refractivity contribution >= 4 is 21.9 Å². The first-order valence-electron chi connectivity index (χ1n) is 5.96. The van der Waals surface area contributed by atoms with Crippen LogP contribution < -0.4 is 9.47 Å². The SMILES string of the molecule is CCc1c(C(O)C(=O)OC)cc2c(c1Br)OCCO2. The lowest BCUT2D eigenvalue weighted by atomic mass is 9.99. The summed E-state index contributed by atoms with van der Waals surface area (Å²) in [6.45, 7) is 2.86. The quantitative estimate of drug-likeness (QED) is 0.858. The van der Waals surface area contributed by atoms with E-state index < -0.39 is 12.1 Å². The number of aliphatic hydroxyl groups excluding tert-OH is 1. The molecule has 1 aliphatic rings. The summed E-state index contributed by atoms with van der Waals surface area (Å²) in [5, 5.41) is 10.0. The van der Waals surface area contributed by atoms with Gasteiger partial charge in [0.2, 0.25) is 0 Å². The molecular weight excluding hydrogens is 316 g/mol. The molecule has 6 heteroatoms. The van der Waals surface area contributed by atoms with Crippen molar-refractivity contribution in [1.82, 2.24) is 0 Å². The van der Waals surface area contributed by atoms with Crippen molar-refractivity contribution in [2.24, 2.45) is 0 Å². The number of halogens is 1. The Bertz CT molecular complexity index is 500. The summed E-state index contributed by atoms with van der Waals surface area (Å²) in [7, 11) is 1.24. The van der Waals surface area contributed by atoms with Gasteiger partial charge in [0.15, 0.2) is 17.6 Å². The maximum absolute atomic E-state index is 11.5. The molecule has 0 spiro atoms. The zero-order chi connectivity index (χ0) is 14.0. The number of methoxy groups -OCH3 is 1. The van der Waals surface area contributed by atoms with Gasteiger partial charge < -0.3 is 19.3 Å². The fraction of sp³-hybridized carbons (Fsp3) is 0.462. The average Bonchev–Trinajstić information content (AvgIpc) is 2.45. The number of carbonyl (C=O) groups is 1. The van der Waals surface area contributed by atoms with E-state index in [2.05, 4.69) is 20.7 Å². The van der Waals surface area contributed by atoms with Gasteiger partial charge in [0.1, 0.15) is 13.2 Å². The average molecular weight is 331 g/mol. The molecule has 0 amide bonds. The minimum absolute atomic E-state index is 0.443. The molecular formula is C13H15BrO5. The number of hydrogen-bond donors (Lipinski definition) is 1. The standard InChI is InChI=1S/C13H15BrO5/c1-3-7-8(11(15)13(16)17-2)6-9-12(10(7)14)19-5-4-18-9/h6,11,15H,3-5H2,1-2H3. The predicted molar refractivity (Wildman–Crippen MR) is 71.5 cm³/mol. The van der Waals surface area contributed by atoms with Crippen LogP contribution in [0.2, 0.25) is 0 Å². The second-order valence-electron chi connectivity index (χ2n) is 4.06. The lowest BCUT2D eigenvalue weighted by molar-refractivity contribution is -0.150. The monoisotopic (exact) mass is 330 g/mol. The minimum Gasteiger partial charge on any atom is -0.486 e. The van der Waals surface area contributed by atoms with Crippen molar-refractivity contribution in [3.63, 3.8) is 0 Å². The number of aliphatic hydroxyl groups is 1. The first kappa shape index (κ1) is 14.1. The third kappa shape index (κ3) is 2.55. The number of carbonyl (C=O) groups excluding carboxylic acids is 1. The van der Waals surface area contributed by atoms with Crippen LogP contribution in [0.5, 0.6) is 11.5 Å². The van der Waals surface area contributed by atoms with Gasteiger partial charge in [0, 0.05) is 0 Å². The molecule has 0 radical (unpaired) electrons. The lowest BCUT2D eigenvalue weighted by Crippen LogP contribution is -2.19.